The summed E-state index contributed by atoms with van der Waals surface area (Å²) in [4.78, 5) is 5.87. The van der Waals surface area contributed by atoms with Crippen molar-refractivity contribution >= 4 is 0 Å². The van der Waals surface area contributed by atoms with Gasteiger partial charge in [0.1, 0.15) is 6.61 Å². The maximum absolute atomic E-state index is 13.3. The second kappa shape index (κ2) is 7.11. The molecule has 1 N–H and O–H groups in total. The van der Waals surface area contributed by atoms with Crippen LogP contribution in [0.3, 0.4) is 0 Å². The molecule has 0 saturated carbocycles. The molecule has 1 aliphatic heterocycles. The summed E-state index contributed by atoms with van der Waals surface area (Å²) in [5.41, 5.74) is -0.542. The number of benzene rings is 1. The van der Waals surface area contributed by atoms with E-state index in [-0.39, 0.29) is 31.7 Å². The molecule has 1 aliphatic rings. The molecule has 1 aromatic heterocycles. The Bertz CT molecular complexity index is 720. The van der Waals surface area contributed by atoms with Gasteiger partial charge in [-0.2, -0.15) is 18.2 Å². The van der Waals surface area contributed by atoms with Crippen LogP contribution >= 0.6 is 0 Å². The number of halogens is 3. The number of β-amino-alcohol motifs (C(OH)–C–C–N with tert-alkyl or cyclic N) is 1. The van der Waals surface area contributed by atoms with Gasteiger partial charge < -0.3 is 14.4 Å². The average molecular weight is 357 g/mol. The highest BCUT2D eigenvalue weighted by Gasteiger charge is 2.40. The molecular weight excluding hydrogens is 339 g/mol. The van der Waals surface area contributed by atoms with Crippen LogP contribution in [-0.2, 0) is 24.1 Å². The first-order valence-corrected chi connectivity index (χ1v) is 7.77. The quantitative estimate of drug-likeness (QED) is 0.887. The molecule has 0 bridgehead atoms. The predicted molar refractivity (Wildman–Crippen MR) is 80.2 cm³/mol. The van der Waals surface area contributed by atoms with Crippen LogP contribution in [0.4, 0.5) is 13.2 Å². The van der Waals surface area contributed by atoms with Gasteiger partial charge in [-0.3, -0.25) is 4.90 Å². The lowest BCUT2D eigenvalue weighted by Crippen LogP contribution is -2.26. The van der Waals surface area contributed by atoms with E-state index in [1.165, 1.54) is 19.2 Å². The van der Waals surface area contributed by atoms with Crippen LogP contribution in [0.1, 0.15) is 35.3 Å². The minimum absolute atomic E-state index is 0.146. The van der Waals surface area contributed by atoms with Gasteiger partial charge in [-0.15, -0.1) is 0 Å². The second-order valence-electron chi connectivity index (χ2n) is 5.96. The van der Waals surface area contributed by atoms with Gasteiger partial charge in [0.15, 0.2) is 5.82 Å². The van der Waals surface area contributed by atoms with Crippen molar-refractivity contribution in [2.75, 3.05) is 13.7 Å². The number of aromatic nitrogens is 2. The topological polar surface area (TPSA) is 71.6 Å². The molecule has 136 valence electrons. The number of hydrogen-bond donors (Lipinski definition) is 1. The fourth-order valence-corrected chi connectivity index (χ4v) is 3.14. The number of ether oxygens (including phenoxy) is 1. The normalized spacial score (nSPS) is 21.8. The maximum atomic E-state index is 13.3. The molecule has 3 rings (SSSR count). The minimum atomic E-state index is -4.45. The number of nitrogens with zero attached hydrogens (tertiary/aromatic N) is 3. The Labute approximate surface area is 142 Å². The molecule has 1 aromatic carbocycles. The van der Waals surface area contributed by atoms with Crippen LogP contribution < -0.4 is 0 Å². The Morgan fingerprint density at radius 2 is 2.12 bits per heavy atom. The number of aliphatic hydroxyl groups excluding tert-OH is 1. The lowest BCUT2D eigenvalue weighted by molar-refractivity contribution is -0.138. The molecule has 0 amide bonds. The molecule has 2 heterocycles. The molecule has 2 atom stereocenters. The first-order valence-electron chi connectivity index (χ1n) is 7.77. The summed E-state index contributed by atoms with van der Waals surface area (Å²) >= 11 is 0. The van der Waals surface area contributed by atoms with Crippen molar-refractivity contribution in [2.45, 2.75) is 37.9 Å². The fraction of sp³-hybridized carbons (Fsp3) is 0.500. The Hall–Kier alpha value is -1.97. The first kappa shape index (κ1) is 17.8. The van der Waals surface area contributed by atoms with E-state index in [9.17, 15) is 18.3 Å². The Kier molecular flexibility index (Phi) is 5.07. The Morgan fingerprint density at radius 3 is 2.84 bits per heavy atom. The summed E-state index contributed by atoms with van der Waals surface area (Å²) in [5.74, 6) is 0.639. The molecule has 25 heavy (non-hydrogen) atoms. The van der Waals surface area contributed by atoms with E-state index in [1.54, 1.807) is 11.0 Å². The molecule has 1 fully saturated rings. The standard InChI is InChI=1S/C16H18F3N3O3/c1-24-9-15-20-14(21-25-15)8-22-7-10(23)6-13(22)11-4-2-3-5-12(11)16(17,18)19/h2-5,10,13,23H,6-9H2,1H3/t10-,13-/m1/s1. The van der Waals surface area contributed by atoms with Crippen molar-refractivity contribution in [1.29, 1.82) is 0 Å². The van der Waals surface area contributed by atoms with Gasteiger partial charge in [0.25, 0.3) is 5.89 Å². The van der Waals surface area contributed by atoms with Crippen LogP contribution in [0.15, 0.2) is 28.8 Å². The van der Waals surface area contributed by atoms with E-state index >= 15 is 0 Å². The van der Waals surface area contributed by atoms with Crippen LogP contribution in [-0.4, -0.2) is 39.9 Å². The number of methoxy groups -OCH3 is 1. The number of likely N-dealkylation sites (tertiary alicyclic amines) is 1. The average Bonchev–Trinajstić information content (AvgIpc) is 3.14. The van der Waals surface area contributed by atoms with Gasteiger partial charge in [-0.25, -0.2) is 0 Å². The third-order valence-corrected chi connectivity index (χ3v) is 4.13. The zero-order valence-electron chi connectivity index (χ0n) is 13.5. The van der Waals surface area contributed by atoms with Crippen LogP contribution in [0, 0.1) is 0 Å². The molecule has 0 radical (unpaired) electrons. The van der Waals surface area contributed by atoms with Crippen molar-refractivity contribution < 1.29 is 27.5 Å². The van der Waals surface area contributed by atoms with Crippen molar-refractivity contribution in [3.63, 3.8) is 0 Å². The molecule has 0 aliphatic carbocycles. The molecule has 2 aromatic rings. The van der Waals surface area contributed by atoms with Crippen molar-refractivity contribution in [1.82, 2.24) is 15.0 Å². The lowest BCUT2D eigenvalue weighted by Gasteiger charge is -2.25. The second-order valence-corrected chi connectivity index (χ2v) is 5.96. The van der Waals surface area contributed by atoms with E-state index in [0.29, 0.717) is 11.7 Å². The summed E-state index contributed by atoms with van der Waals surface area (Å²) in [6, 6.07) is 4.86. The van der Waals surface area contributed by atoms with Gasteiger partial charge in [-0.05, 0) is 18.1 Å². The van der Waals surface area contributed by atoms with Crippen molar-refractivity contribution in [3.8, 4) is 0 Å². The zero-order valence-corrected chi connectivity index (χ0v) is 13.5. The monoisotopic (exact) mass is 357 g/mol. The largest absolute Gasteiger partial charge is 0.416 e. The van der Waals surface area contributed by atoms with Crippen LogP contribution in [0.25, 0.3) is 0 Å². The highest BCUT2D eigenvalue weighted by molar-refractivity contribution is 5.33. The van der Waals surface area contributed by atoms with E-state index in [0.717, 1.165) is 6.07 Å². The van der Waals surface area contributed by atoms with E-state index < -0.39 is 23.9 Å². The van der Waals surface area contributed by atoms with E-state index in [4.69, 9.17) is 9.26 Å². The van der Waals surface area contributed by atoms with E-state index in [2.05, 4.69) is 10.1 Å². The van der Waals surface area contributed by atoms with Crippen LogP contribution in [0.5, 0.6) is 0 Å². The van der Waals surface area contributed by atoms with Crippen LogP contribution in [0.2, 0.25) is 0 Å². The van der Waals surface area contributed by atoms with Crippen molar-refractivity contribution in [3.05, 3.63) is 47.1 Å². The highest BCUT2D eigenvalue weighted by atomic mass is 19.4. The SMILES string of the molecule is COCc1nc(CN2C[C@H](O)C[C@@H]2c2ccccc2C(F)(F)F)no1. The molecule has 0 spiro atoms. The summed E-state index contributed by atoms with van der Waals surface area (Å²) in [5, 5.41) is 13.8. The highest BCUT2D eigenvalue weighted by Crippen LogP contribution is 2.40. The first-order chi connectivity index (χ1) is 11.9. The number of hydrogen-bond acceptors (Lipinski definition) is 6. The van der Waals surface area contributed by atoms with Gasteiger partial charge >= 0.3 is 6.18 Å². The fourth-order valence-electron chi connectivity index (χ4n) is 3.14. The van der Waals surface area contributed by atoms with Gasteiger partial charge in [0, 0.05) is 19.7 Å². The number of aliphatic hydroxyl groups is 1. The summed E-state index contributed by atoms with van der Waals surface area (Å²) < 4.78 is 49.8. The summed E-state index contributed by atoms with van der Waals surface area (Å²) in [6.07, 6.45) is -4.94. The third-order valence-electron chi connectivity index (χ3n) is 4.13. The van der Waals surface area contributed by atoms with Gasteiger partial charge in [0.05, 0.1) is 18.2 Å². The summed E-state index contributed by atoms with van der Waals surface area (Å²) in [6.45, 7) is 0.585. The minimum Gasteiger partial charge on any atom is -0.392 e. The predicted octanol–water partition coefficient (Wildman–Crippen LogP) is 2.54. The molecule has 9 heteroatoms. The van der Waals surface area contributed by atoms with Crippen molar-refractivity contribution in [2.24, 2.45) is 0 Å². The van der Waals surface area contributed by atoms with Gasteiger partial charge in [-0.1, -0.05) is 23.4 Å². The number of alkyl halides is 3. The molecular formula is C16H18F3N3O3. The summed E-state index contributed by atoms with van der Waals surface area (Å²) in [7, 11) is 1.49. The molecule has 6 nitrogen and oxygen atoms in total. The lowest BCUT2D eigenvalue weighted by atomic mass is 9.97. The maximum Gasteiger partial charge on any atom is 0.416 e. The Morgan fingerprint density at radius 1 is 1.36 bits per heavy atom. The van der Waals surface area contributed by atoms with E-state index in [1.807, 2.05) is 0 Å². The smallest absolute Gasteiger partial charge is 0.392 e. The third kappa shape index (κ3) is 4.00. The molecule has 0 unspecified atom stereocenters. The van der Waals surface area contributed by atoms with Gasteiger partial charge in [0.2, 0.25) is 0 Å². The molecule has 1 saturated heterocycles. The number of rotatable bonds is 5. The zero-order chi connectivity index (χ0) is 18.0. The Balaban J connectivity index is 1.85.